The van der Waals surface area contributed by atoms with E-state index in [9.17, 15) is 5.11 Å². The second-order valence-electron chi connectivity index (χ2n) is 2.98. The lowest BCUT2D eigenvalue weighted by Crippen LogP contribution is -1.96. The second-order valence-corrected chi connectivity index (χ2v) is 2.98. The molecule has 1 N–H and O–H groups in total. The maximum Gasteiger partial charge on any atom is 0.122 e. The molecule has 0 atom stereocenters. The van der Waals surface area contributed by atoms with Crippen molar-refractivity contribution < 1.29 is 9.84 Å². The van der Waals surface area contributed by atoms with Crippen LogP contribution >= 0.6 is 0 Å². The van der Waals surface area contributed by atoms with Gasteiger partial charge in [0.1, 0.15) is 11.5 Å². The van der Waals surface area contributed by atoms with E-state index in [1.54, 1.807) is 12.1 Å². The van der Waals surface area contributed by atoms with E-state index < -0.39 is 0 Å². The third kappa shape index (κ3) is 4.73. The van der Waals surface area contributed by atoms with Crippen molar-refractivity contribution in [1.82, 2.24) is 0 Å². The van der Waals surface area contributed by atoms with Crippen molar-refractivity contribution in [2.75, 3.05) is 6.61 Å². The van der Waals surface area contributed by atoms with E-state index in [0.29, 0.717) is 12.4 Å². The number of phenolic OH excluding ortho intramolecular Hbond substituents is 1. The molecule has 0 aliphatic rings. The molecule has 0 aromatic heterocycles. The predicted octanol–water partition coefficient (Wildman–Crippen LogP) is 3.77. The van der Waals surface area contributed by atoms with Crippen molar-refractivity contribution in [3.8, 4) is 11.5 Å². The number of benzene rings is 1. The van der Waals surface area contributed by atoms with E-state index in [-0.39, 0.29) is 0 Å². The Morgan fingerprint density at radius 2 is 1.87 bits per heavy atom. The molecule has 0 bridgehead atoms. The Bertz CT molecular complexity index is 269. The van der Waals surface area contributed by atoms with Crippen molar-refractivity contribution >= 4 is 0 Å². The molecular weight excluding hydrogens is 188 g/mol. The van der Waals surface area contributed by atoms with Gasteiger partial charge in [-0.3, -0.25) is 0 Å². The Hall–Kier alpha value is -1.18. The molecule has 0 spiro atoms. The quantitative estimate of drug-likeness (QED) is 0.819. The third-order valence-electron chi connectivity index (χ3n) is 1.86. The summed E-state index contributed by atoms with van der Waals surface area (Å²) in [7, 11) is 0. The molecule has 0 aliphatic carbocycles. The summed E-state index contributed by atoms with van der Waals surface area (Å²) < 4.78 is 5.43. The Kier molecular flexibility index (Phi) is 7.51. The van der Waals surface area contributed by atoms with Crippen molar-refractivity contribution in [3.05, 3.63) is 23.8 Å². The van der Waals surface area contributed by atoms with Crippen molar-refractivity contribution in [1.29, 1.82) is 0 Å². The maximum atomic E-state index is 9.28. The summed E-state index contributed by atoms with van der Waals surface area (Å²) in [5, 5.41) is 9.28. The Morgan fingerprint density at radius 1 is 1.20 bits per heavy atom. The minimum absolute atomic E-state index is 0.312. The molecule has 15 heavy (non-hydrogen) atoms. The van der Waals surface area contributed by atoms with Gasteiger partial charge in [-0.2, -0.15) is 0 Å². The van der Waals surface area contributed by atoms with Gasteiger partial charge in [0.25, 0.3) is 0 Å². The van der Waals surface area contributed by atoms with E-state index in [1.165, 1.54) is 0 Å². The van der Waals surface area contributed by atoms with Crippen LogP contribution in [0.5, 0.6) is 11.5 Å². The highest BCUT2D eigenvalue weighted by Gasteiger charge is 2.02. The van der Waals surface area contributed by atoms with Crippen molar-refractivity contribution in [2.24, 2.45) is 0 Å². The zero-order chi connectivity index (χ0) is 11.7. The van der Waals surface area contributed by atoms with Gasteiger partial charge in [0, 0.05) is 0 Å². The molecule has 0 saturated carbocycles. The first-order chi connectivity index (χ1) is 7.27. The van der Waals surface area contributed by atoms with Crippen LogP contribution in [0.3, 0.4) is 0 Å². The van der Waals surface area contributed by atoms with Crippen LogP contribution in [0.25, 0.3) is 0 Å². The molecule has 2 heteroatoms. The molecule has 1 aromatic rings. The predicted molar refractivity (Wildman–Crippen MR) is 64.6 cm³/mol. The first kappa shape index (κ1) is 13.8. The monoisotopic (exact) mass is 210 g/mol. The first-order valence-corrected chi connectivity index (χ1v) is 5.72. The van der Waals surface area contributed by atoms with Crippen LogP contribution in [0.1, 0.15) is 39.7 Å². The number of phenols is 1. The molecule has 0 aliphatic heterocycles. The molecule has 0 amide bonds. The fourth-order valence-corrected chi connectivity index (χ4v) is 1.33. The summed E-state index contributed by atoms with van der Waals surface area (Å²) in [6.45, 7) is 8.74. The number of aryl methyl sites for hydroxylation is 1. The van der Waals surface area contributed by atoms with Crippen LogP contribution in [0, 0.1) is 0 Å². The van der Waals surface area contributed by atoms with E-state index in [0.717, 1.165) is 24.2 Å². The first-order valence-electron chi connectivity index (χ1n) is 5.72. The van der Waals surface area contributed by atoms with Gasteiger partial charge in [-0.05, 0) is 37.1 Å². The van der Waals surface area contributed by atoms with Gasteiger partial charge in [-0.15, -0.1) is 0 Å². The van der Waals surface area contributed by atoms with Gasteiger partial charge in [0.2, 0.25) is 0 Å². The Balaban J connectivity index is 0.000000921. The lowest BCUT2D eigenvalue weighted by Gasteiger charge is -2.09. The van der Waals surface area contributed by atoms with Gasteiger partial charge >= 0.3 is 0 Å². The average molecular weight is 210 g/mol. The summed E-state index contributed by atoms with van der Waals surface area (Å²) in [6.07, 6.45) is 2.01. The second kappa shape index (κ2) is 8.16. The van der Waals surface area contributed by atoms with Gasteiger partial charge in [-0.25, -0.2) is 0 Å². The molecule has 0 heterocycles. The highest BCUT2D eigenvalue weighted by Crippen LogP contribution is 2.24. The molecule has 0 unspecified atom stereocenters. The molecule has 1 rings (SSSR count). The molecule has 0 fully saturated rings. The van der Waals surface area contributed by atoms with Crippen LogP contribution in [0.4, 0.5) is 0 Å². The summed E-state index contributed by atoms with van der Waals surface area (Å²) >= 11 is 0. The topological polar surface area (TPSA) is 29.5 Å². The summed E-state index contributed by atoms with van der Waals surface area (Å²) in [5.74, 6) is 1.20. The van der Waals surface area contributed by atoms with E-state index in [1.807, 2.05) is 26.8 Å². The number of hydrogen-bond acceptors (Lipinski definition) is 2. The van der Waals surface area contributed by atoms with Gasteiger partial charge in [0.15, 0.2) is 0 Å². The number of ether oxygens (including phenoxy) is 1. The zero-order valence-corrected chi connectivity index (χ0v) is 10.2. The maximum absolute atomic E-state index is 9.28. The molecule has 2 nitrogen and oxygen atoms in total. The number of aromatic hydroxyl groups is 1. The van der Waals surface area contributed by atoms with E-state index >= 15 is 0 Å². The molecule has 1 aromatic carbocycles. The van der Waals surface area contributed by atoms with Gasteiger partial charge < -0.3 is 9.84 Å². The van der Waals surface area contributed by atoms with Crippen LogP contribution in [0.2, 0.25) is 0 Å². The van der Waals surface area contributed by atoms with Gasteiger partial charge in [-0.1, -0.05) is 27.2 Å². The van der Waals surface area contributed by atoms with E-state index in [2.05, 4.69) is 6.92 Å². The Morgan fingerprint density at radius 3 is 2.40 bits per heavy atom. The Labute approximate surface area is 92.9 Å². The summed E-state index contributed by atoms with van der Waals surface area (Å²) in [5.41, 5.74) is 1.09. The highest BCUT2D eigenvalue weighted by atomic mass is 16.5. The lowest BCUT2D eigenvalue weighted by atomic mass is 10.1. The van der Waals surface area contributed by atoms with Crippen molar-refractivity contribution in [3.63, 3.8) is 0 Å². The lowest BCUT2D eigenvalue weighted by molar-refractivity contribution is 0.335. The standard InChI is InChI=1S/C11H16O2.C2H6/c1-3-5-9-8-10(12)6-7-11(9)13-4-2;1-2/h6-8,12H,3-5H2,1-2H3;1-2H3. The zero-order valence-electron chi connectivity index (χ0n) is 10.2. The van der Waals surface area contributed by atoms with Crippen molar-refractivity contribution in [2.45, 2.75) is 40.5 Å². The van der Waals surface area contributed by atoms with Crippen LogP contribution in [-0.4, -0.2) is 11.7 Å². The fraction of sp³-hybridized carbons (Fsp3) is 0.538. The number of rotatable bonds is 4. The fourth-order valence-electron chi connectivity index (χ4n) is 1.33. The van der Waals surface area contributed by atoms with Gasteiger partial charge in [0.05, 0.1) is 6.61 Å². The third-order valence-corrected chi connectivity index (χ3v) is 1.86. The molecule has 0 radical (unpaired) electrons. The average Bonchev–Trinajstić information content (AvgIpc) is 2.26. The normalized spacial score (nSPS) is 9.07. The van der Waals surface area contributed by atoms with Crippen LogP contribution in [-0.2, 0) is 6.42 Å². The van der Waals surface area contributed by atoms with Crippen LogP contribution < -0.4 is 4.74 Å². The van der Waals surface area contributed by atoms with E-state index in [4.69, 9.17) is 4.74 Å². The minimum atomic E-state index is 0.312. The minimum Gasteiger partial charge on any atom is -0.508 e. The van der Waals surface area contributed by atoms with Crippen LogP contribution in [0.15, 0.2) is 18.2 Å². The summed E-state index contributed by atoms with van der Waals surface area (Å²) in [4.78, 5) is 0. The molecule has 86 valence electrons. The molecule has 0 saturated heterocycles. The number of hydrogen-bond donors (Lipinski definition) is 1. The SMILES string of the molecule is CC.CCCc1cc(O)ccc1OCC. The largest absolute Gasteiger partial charge is 0.508 e. The smallest absolute Gasteiger partial charge is 0.122 e. The summed E-state index contributed by atoms with van der Waals surface area (Å²) in [6, 6.07) is 5.25. The molecular formula is C13H22O2. The highest BCUT2D eigenvalue weighted by molar-refractivity contribution is 5.39.